The van der Waals surface area contributed by atoms with Crippen LogP contribution in [-0.2, 0) is 6.54 Å². The molecule has 0 amide bonds. The Kier molecular flexibility index (Phi) is 4.71. The Morgan fingerprint density at radius 3 is 2.70 bits per heavy atom. The van der Waals surface area contributed by atoms with Crippen molar-refractivity contribution in [3.8, 4) is 5.75 Å². The second-order valence-electron chi connectivity index (χ2n) is 6.64. The number of nitrogens with one attached hydrogen (secondary N) is 1. The summed E-state index contributed by atoms with van der Waals surface area (Å²) in [6.07, 6.45) is 0. The molecule has 0 atom stereocenters. The molecule has 1 aromatic carbocycles. The Morgan fingerprint density at radius 1 is 1.35 bits per heavy atom. The van der Waals surface area contributed by atoms with Crippen molar-refractivity contribution in [2.24, 2.45) is 0 Å². The Bertz CT molecular complexity index is 454. The predicted molar refractivity (Wildman–Crippen MR) is 84.4 cm³/mol. The number of ether oxygens (including phenoxy) is 1. The molecule has 0 aliphatic carbocycles. The summed E-state index contributed by atoms with van der Waals surface area (Å²) in [7, 11) is 1.76. The van der Waals surface area contributed by atoms with Gasteiger partial charge in [-0.05, 0) is 31.4 Å². The van der Waals surface area contributed by atoms with E-state index in [2.05, 4.69) is 56.1 Å². The molecular formula is C17H28N2O. The van der Waals surface area contributed by atoms with E-state index in [0.29, 0.717) is 5.92 Å². The van der Waals surface area contributed by atoms with Crippen LogP contribution in [0.2, 0.25) is 0 Å². The highest BCUT2D eigenvalue weighted by Crippen LogP contribution is 2.28. The number of hydrogen-bond donors (Lipinski definition) is 1. The van der Waals surface area contributed by atoms with E-state index in [0.717, 1.165) is 31.9 Å². The van der Waals surface area contributed by atoms with Gasteiger partial charge < -0.3 is 10.1 Å². The lowest BCUT2D eigenvalue weighted by atomic mass is 9.96. The molecule has 1 fully saturated rings. The normalized spacial score (nSPS) is 19.3. The maximum atomic E-state index is 5.55. The second kappa shape index (κ2) is 6.15. The molecule has 1 N–H and O–H groups in total. The average molecular weight is 276 g/mol. The zero-order valence-electron chi connectivity index (χ0n) is 13.5. The molecule has 0 radical (unpaired) electrons. The van der Waals surface area contributed by atoms with Gasteiger partial charge in [-0.25, -0.2) is 0 Å². The second-order valence-corrected chi connectivity index (χ2v) is 6.64. The zero-order valence-corrected chi connectivity index (χ0v) is 13.5. The van der Waals surface area contributed by atoms with Crippen molar-refractivity contribution < 1.29 is 4.74 Å². The summed E-state index contributed by atoms with van der Waals surface area (Å²) in [6.45, 7) is 13.2. The first-order valence-electron chi connectivity index (χ1n) is 7.56. The molecule has 0 spiro atoms. The van der Waals surface area contributed by atoms with Crippen LogP contribution in [0.25, 0.3) is 0 Å². The van der Waals surface area contributed by atoms with Gasteiger partial charge in [0.2, 0.25) is 0 Å². The van der Waals surface area contributed by atoms with Gasteiger partial charge in [-0.2, -0.15) is 0 Å². The van der Waals surface area contributed by atoms with Crippen molar-refractivity contribution in [1.29, 1.82) is 0 Å². The van der Waals surface area contributed by atoms with Gasteiger partial charge in [0, 0.05) is 37.3 Å². The zero-order chi connectivity index (χ0) is 14.8. The lowest BCUT2D eigenvalue weighted by molar-refractivity contribution is 0.0819. The van der Waals surface area contributed by atoms with Crippen LogP contribution in [0.1, 0.15) is 44.7 Å². The van der Waals surface area contributed by atoms with E-state index in [-0.39, 0.29) is 5.54 Å². The Labute approximate surface area is 123 Å². The summed E-state index contributed by atoms with van der Waals surface area (Å²) in [5.41, 5.74) is 2.87. The van der Waals surface area contributed by atoms with Crippen molar-refractivity contribution in [1.82, 2.24) is 10.2 Å². The fourth-order valence-electron chi connectivity index (χ4n) is 2.80. The fourth-order valence-corrected chi connectivity index (χ4v) is 2.80. The van der Waals surface area contributed by atoms with Gasteiger partial charge in [-0.3, -0.25) is 4.90 Å². The molecular weight excluding hydrogens is 248 g/mol. The Morgan fingerprint density at radius 2 is 2.10 bits per heavy atom. The van der Waals surface area contributed by atoms with Crippen LogP contribution >= 0.6 is 0 Å². The van der Waals surface area contributed by atoms with Crippen molar-refractivity contribution in [3.63, 3.8) is 0 Å². The maximum absolute atomic E-state index is 5.55. The number of piperazine rings is 1. The minimum Gasteiger partial charge on any atom is -0.496 e. The minimum absolute atomic E-state index is 0.192. The quantitative estimate of drug-likeness (QED) is 0.915. The van der Waals surface area contributed by atoms with Gasteiger partial charge in [-0.15, -0.1) is 0 Å². The molecule has 112 valence electrons. The van der Waals surface area contributed by atoms with Gasteiger partial charge in [0.15, 0.2) is 0 Å². The highest BCUT2D eigenvalue weighted by molar-refractivity contribution is 5.38. The van der Waals surface area contributed by atoms with Crippen molar-refractivity contribution in [2.45, 2.75) is 45.7 Å². The Hall–Kier alpha value is -1.06. The van der Waals surface area contributed by atoms with Crippen molar-refractivity contribution in [3.05, 3.63) is 29.3 Å². The van der Waals surface area contributed by atoms with Gasteiger partial charge in [-0.1, -0.05) is 26.0 Å². The summed E-state index contributed by atoms with van der Waals surface area (Å²) < 4.78 is 5.55. The largest absolute Gasteiger partial charge is 0.496 e. The van der Waals surface area contributed by atoms with Gasteiger partial charge in [0.05, 0.1) is 7.11 Å². The molecule has 0 unspecified atom stereocenters. The fraction of sp³-hybridized carbons (Fsp3) is 0.647. The van der Waals surface area contributed by atoms with Crippen molar-refractivity contribution in [2.75, 3.05) is 26.7 Å². The summed E-state index contributed by atoms with van der Waals surface area (Å²) in [5.74, 6) is 1.56. The molecule has 0 bridgehead atoms. The van der Waals surface area contributed by atoms with Crippen LogP contribution in [0, 0.1) is 0 Å². The van der Waals surface area contributed by atoms with E-state index in [1.54, 1.807) is 7.11 Å². The summed E-state index contributed by atoms with van der Waals surface area (Å²) >= 11 is 0. The topological polar surface area (TPSA) is 24.5 Å². The van der Waals surface area contributed by atoms with Crippen LogP contribution in [0.3, 0.4) is 0 Å². The number of benzene rings is 1. The standard InChI is InChI=1S/C17H28N2O/c1-13(2)14-6-7-16(20-5)15(10-14)11-19-9-8-18-12-17(19,3)4/h6-7,10,13,18H,8-9,11-12H2,1-5H3. The van der Waals surface area contributed by atoms with E-state index in [1.807, 2.05) is 0 Å². The summed E-state index contributed by atoms with van der Waals surface area (Å²) in [4.78, 5) is 2.55. The monoisotopic (exact) mass is 276 g/mol. The molecule has 0 aromatic heterocycles. The van der Waals surface area contributed by atoms with Crippen LogP contribution in [0.4, 0.5) is 0 Å². The Balaban J connectivity index is 2.24. The smallest absolute Gasteiger partial charge is 0.123 e. The average Bonchev–Trinajstić information content (AvgIpc) is 2.41. The minimum atomic E-state index is 0.192. The summed E-state index contributed by atoms with van der Waals surface area (Å²) in [6, 6.07) is 6.59. The molecule has 3 heteroatoms. The maximum Gasteiger partial charge on any atom is 0.123 e. The molecule has 2 rings (SSSR count). The third-order valence-electron chi connectivity index (χ3n) is 4.30. The molecule has 20 heavy (non-hydrogen) atoms. The van der Waals surface area contributed by atoms with Crippen LogP contribution < -0.4 is 10.1 Å². The van der Waals surface area contributed by atoms with E-state index in [9.17, 15) is 0 Å². The lowest BCUT2D eigenvalue weighted by Gasteiger charge is -2.43. The van der Waals surface area contributed by atoms with E-state index in [4.69, 9.17) is 4.74 Å². The first-order valence-corrected chi connectivity index (χ1v) is 7.56. The first-order chi connectivity index (χ1) is 9.44. The predicted octanol–water partition coefficient (Wildman–Crippen LogP) is 3.00. The van der Waals surface area contributed by atoms with E-state index >= 15 is 0 Å². The number of nitrogens with zero attached hydrogens (tertiary/aromatic N) is 1. The van der Waals surface area contributed by atoms with Crippen LogP contribution in [0.5, 0.6) is 5.75 Å². The van der Waals surface area contributed by atoms with Gasteiger partial charge in [0.1, 0.15) is 5.75 Å². The highest BCUT2D eigenvalue weighted by atomic mass is 16.5. The van der Waals surface area contributed by atoms with E-state index in [1.165, 1.54) is 11.1 Å². The van der Waals surface area contributed by atoms with Gasteiger partial charge in [0.25, 0.3) is 0 Å². The molecule has 1 aliphatic rings. The van der Waals surface area contributed by atoms with Gasteiger partial charge >= 0.3 is 0 Å². The molecule has 3 nitrogen and oxygen atoms in total. The molecule has 1 aromatic rings. The third kappa shape index (κ3) is 3.33. The van der Waals surface area contributed by atoms with E-state index < -0.39 is 0 Å². The number of hydrogen-bond acceptors (Lipinski definition) is 3. The number of methoxy groups -OCH3 is 1. The number of rotatable bonds is 4. The summed E-state index contributed by atoms with van der Waals surface area (Å²) in [5, 5.41) is 3.48. The molecule has 0 saturated carbocycles. The SMILES string of the molecule is COc1ccc(C(C)C)cc1CN1CCNCC1(C)C. The van der Waals surface area contributed by atoms with Crippen LogP contribution in [0.15, 0.2) is 18.2 Å². The van der Waals surface area contributed by atoms with Crippen LogP contribution in [-0.4, -0.2) is 37.2 Å². The highest BCUT2D eigenvalue weighted by Gasteiger charge is 2.30. The lowest BCUT2D eigenvalue weighted by Crippen LogP contribution is -2.57. The molecule has 1 aliphatic heterocycles. The molecule has 1 heterocycles. The van der Waals surface area contributed by atoms with Crippen molar-refractivity contribution >= 4 is 0 Å². The third-order valence-corrected chi connectivity index (χ3v) is 4.30. The molecule has 1 saturated heterocycles. The first kappa shape index (κ1) is 15.3.